The van der Waals surface area contributed by atoms with Gasteiger partial charge in [0.1, 0.15) is 0 Å². The summed E-state index contributed by atoms with van der Waals surface area (Å²) in [5.74, 6) is -0.553. The molecule has 0 radical (unpaired) electrons. The first-order valence-electron chi connectivity index (χ1n) is 5.92. The Balaban J connectivity index is 2.13. The molecule has 0 bridgehead atoms. The lowest BCUT2D eigenvalue weighted by molar-refractivity contribution is -0.137. The number of carbonyl (C=O) groups is 2. The van der Waals surface area contributed by atoms with E-state index < -0.39 is 5.97 Å². The fourth-order valence-electron chi connectivity index (χ4n) is 1.79. The maximum atomic E-state index is 11.4. The van der Waals surface area contributed by atoms with Gasteiger partial charge in [0, 0.05) is 19.2 Å². The van der Waals surface area contributed by atoms with Crippen LogP contribution < -0.4 is 10.6 Å². The third-order valence-electron chi connectivity index (χ3n) is 2.66. The SMILES string of the molecule is CC(CC(=O)O)NC(=O)NCC1CCCOC1. The minimum Gasteiger partial charge on any atom is -0.481 e. The topological polar surface area (TPSA) is 87.7 Å². The molecule has 2 unspecified atom stereocenters. The summed E-state index contributed by atoms with van der Waals surface area (Å²) in [6.07, 6.45) is 2.02. The van der Waals surface area contributed by atoms with E-state index in [0.29, 0.717) is 19.1 Å². The molecule has 1 fully saturated rings. The monoisotopic (exact) mass is 244 g/mol. The van der Waals surface area contributed by atoms with Gasteiger partial charge in [-0.2, -0.15) is 0 Å². The van der Waals surface area contributed by atoms with Crippen LogP contribution in [0.4, 0.5) is 4.79 Å². The van der Waals surface area contributed by atoms with Gasteiger partial charge in [0.15, 0.2) is 0 Å². The lowest BCUT2D eigenvalue weighted by Gasteiger charge is -2.22. The van der Waals surface area contributed by atoms with Gasteiger partial charge in [0.05, 0.1) is 13.0 Å². The first kappa shape index (κ1) is 13.8. The summed E-state index contributed by atoms with van der Waals surface area (Å²) in [7, 11) is 0. The molecule has 6 nitrogen and oxygen atoms in total. The zero-order valence-electron chi connectivity index (χ0n) is 10.1. The predicted molar refractivity (Wildman–Crippen MR) is 61.8 cm³/mol. The minimum atomic E-state index is -0.918. The van der Waals surface area contributed by atoms with Crippen LogP contribution in [0, 0.1) is 5.92 Å². The number of amides is 2. The van der Waals surface area contributed by atoms with Crippen molar-refractivity contribution in [3.63, 3.8) is 0 Å². The number of rotatable bonds is 5. The number of ether oxygens (including phenoxy) is 1. The highest BCUT2D eigenvalue weighted by molar-refractivity contribution is 5.75. The predicted octanol–water partition coefficient (Wildman–Crippen LogP) is 0.575. The summed E-state index contributed by atoms with van der Waals surface area (Å²) in [6.45, 7) is 3.73. The van der Waals surface area contributed by atoms with Crippen LogP contribution in [0.5, 0.6) is 0 Å². The van der Waals surface area contributed by atoms with Gasteiger partial charge in [0.2, 0.25) is 0 Å². The van der Waals surface area contributed by atoms with E-state index in [1.165, 1.54) is 0 Å². The summed E-state index contributed by atoms with van der Waals surface area (Å²) < 4.78 is 5.30. The maximum Gasteiger partial charge on any atom is 0.315 e. The average Bonchev–Trinajstić information content (AvgIpc) is 2.26. The Labute approximate surface area is 101 Å². The van der Waals surface area contributed by atoms with E-state index in [-0.39, 0.29) is 18.5 Å². The first-order chi connectivity index (χ1) is 8.08. The van der Waals surface area contributed by atoms with Gasteiger partial charge in [0.25, 0.3) is 0 Å². The molecule has 2 amide bonds. The van der Waals surface area contributed by atoms with Gasteiger partial charge < -0.3 is 20.5 Å². The molecule has 1 rings (SSSR count). The van der Waals surface area contributed by atoms with Crippen LogP contribution in [-0.2, 0) is 9.53 Å². The van der Waals surface area contributed by atoms with Crippen molar-refractivity contribution < 1.29 is 19.4 Å². The number of nitrogens with one attached hydrogen (secondary N) is 2. The number of aliphatic carboxylic acids is 1. The summed E-state index contributed by atoms with van der Waals surface area (Å²) in [5, 5.41) is 13.9. The standard InChI is InChI=1S/C11H20N2O4/c1-8(5-10(14)15)13-11(16)12-6-9-3-2-4-17-7-9/h8-9H,2-7H2,1H3,(H,14,15)(H2,12,13,16). The highest BCUT2D eigenvalue weighted by atomic mass is 16.5. The average molecular weight is 244 g/mol. The molecule has 1 heterocycles. The van der Waals surface area contributed by atoms with E-state index in [0.717, 1.165) is 19.4 Å². The van der Waals surface area contributed by atoms with Crippen molar-refractivity contribution in [2.75, 3.05) is 19.8 Å². The second kappa shape index (κ2) is 7.11. The number of hydrogen-bond acceptors (Lipinski definition) is 3. The Bertz CT molecular complexity index is 264. The summed E-state index contributed by atoms with van der Waals surface area (Å²) >= 11 is 0. The number of carboxylic acids is 1. The van der Waals surface area contributed by atoms with Crippen LogP contribution in [0.3, 0.4) is 0 Å². The van der Waals surface area contributed by atoms with Crippen molar-refractivity contribution in [3.05, 3.63) is 0 Å². The summed E-state index contributed by atoms with van der Waals surface area (Å²) in [4.78, 5) is 21.8. The second-order valence-electron chi connectivity index (χ2n) is 4.44. The zero-order chi connectivity index (χ0) is 12.7. The first-order valence-corrected chi connectivity index (χ1v) is 5.92. The Morgan fingerprint density at radius 3 is 2.88 bits per heavy atom. The molecule has 0 saturated carbocycles. The number of carboxylic acid groups (broad SMARTS) is 1. The van der Waals surface area contributed by atoms with Crippen molar-refractivity contribution in [2.24, 2.45) is 5.92 Å². The molecule has 1 aliphatic rings. The Hall–Kier alpha value is -1.30. The van der Waals surface area contributed by atoms with Gasteiger partial charge in [-0.1, -0.05) is 0 Å². The molecule has 1 saturated heterocycles. The van der Waals surface area contributed by atoms with Crippen LogP contribution in [-0.4, -0.2) is 42.9 Å². The highest BCUT2D eigenvalue weighted by Crippen LogP contribution is 2.11. The molecule has 98 valence electrons. The third kappa shape index (κ3) is 6.11. The largest absolute Gasteiger partial charge is 0.481 e. The van der Waals surface area contributed by atoms with E-state index in [1.807, 2.05) is 0 Å². The quantitative estimate of drug-likeness (QED) is 0.660. The van der Waals surface area contributed by atoms with Gasteiger partial charge in [-0.05, 0) is 25.7 Å². The molecule has 2 atom stereocenters. The van der Waals surface area contributed by atoms with Crippen LogP contribution in [0.2, 0.25) is 0 Å². The molecule has 1 aliphatic heterocycles. The highest BCUT2D eigenvalue weighted by Gasteiger charge is 2.15. The van der Waals surface area contributed by atoms with E-state index in [1.54, 1.807) is 6.92 Å². The van der Waals surface area contributed by atoms with Crippen LogP contribution in [0.1, 0.15) is 26.2 Å². The van der Waals surface area contributed by atoms with Gasteiger partial charge in [-0.25, -0.2) is 4.79 Å². The number of hydrogen-bond donors (Lipinski definition) is 3. The lowest BCUT2D eigenvalue weighted by Crippen LogP contribution is -2.44. The third-order valence-corrected chi connectivity index (χ3v) is 2.66. The Morgan fingerprint density at radius 1 is 1.53 bits per heavy atom. The zero-order valence-corrected chi connectivity index (χ0v) is 10.1. The van der Waals surface area contributed by atoms with Crippen LogP contribution >= 0.6 is 0 Å². The molecular weight excluding hydrogens is 224 g/mol. The Kier molecular flexibility index (Phi) is 5.76. The van der Waals surface area contributed by atoms with Crippen molar-refractivity contribution in [3.8, 4) is 0 Å². The molecule has 17 heavy (non-hydrogen) atoms. The van der Waals surface area contributed by atoms with E-state index in [2.05, 4.69) is 10.6 Å². The lowest BCUT2D eigenvalue weighted by atomic mass is 10.0. The van der Waals surface area contributed by atoms with Gasteiger partial charge in [-0.3, -0.25) is 4.79 Å². The van der Waals surface area contributed by atoms with Crippen molar-refractivity contribution >= 4 is 12.0 Å². The molecule has 3 N–H and O–H groups in total. The molecule has 0 spiro atoms. The second-order valence-corrected chi connectivity index (χ2v) is 4.44. The van der Waals surface area contributed by atoms with Crippen LogP contribution in [0.25, 0.3) is 0 Å². The van der Waals surface area contributed by atoms with Gasteiger partial charge >= 0.3 is 12.0 Å². The van der Waals surface area contributed by atoms with Crippen LogP contribution in [0.15, 0.2) is 0 Å². The van der Waals surface area contributed by atoms with Crippen molar-refractivity contribution in [1.29, 1.82) is 0 Å². The number of urea groups is 1. The molecule has 0 aromatic rings. The fourth-order valence-corrected chi connectivity index (χ4v) is 1.79. The molecule has 0 aliphatic carbocycles. The molecule has 6 heteroatoms. The van der Waals surface area contributed by atoms with Crippen molar-refractivity contribution in [2.45, 2.75) is 32.2 Å². The Morgan fingerprint density at radius 2 is 2.29 bits per heavy atom. The van der Waals surface area contributed by atoms with Gasteiger partial charge in [-0.15, -0.1) is 0 Å². The summed E-state index contributed by atoms with van der Waals surface area (Å²) in [5.41, 5.74) is 0. The molecule has 0 aromatic carbocycles. The van der Waals surface area contributed by atoms with Crippen molar-refractivity contribution in [1.82, 2.24) is 10.6 Å². The fraction of sp³-hybridized carbons (Fsp3) is 0.818. The molecule has 0 aromatic heterocycles. The maximum absolute atomic E-state index is 11.4. The summed E-state index contributed by atoms with van der Waals surface area (Å²) in [6, 6.07) is -0.681. The van der Waals surface area contributed by atoms with E-state index >= 15 is 0 Å². The minimum absolute atomic E-state index is 0.0695. The van der Waals surface area contributed by atoms with E-state index in [4.69, 9.17) is 9.84 Å². The van der Waals surface area contributed by atoms with E-state index in [9.17, 15) is 9.59 Å². The molecular formula is C11H20N2O4. The number of carbonyl (C=O) groups excluding carboxylic acids is 1. The normalized spacial score (nSPS) is 21.6. The smallest absolute Gasteiger partial charge is 0.315 e.